The molecule has 1 aliphatic rings. The number of carbonyl (C=O) groups excluding carboxylic acids is 1. The third-order valence-electron chi connectivity index (χ3n) is 4.98. The first-order chi connectivity index (χ1) is 14.2. The Bertz CT molecular complexity index is 985. The molecule has 0 spiro atoms. The summed E-state index contributed by atoms with van der Waals surface area (Å²) in [5.74, 6) is 1.06. The fourth-order valence-electron chi connectivity index (χ4n) is 3.48. The average Bonchev–Trinajstić information content (AvgIpc) is 2.79. The molecule has 0 radical (unpaired) electrons. The number of hydrogen-bond acceptors (Lipinski definition) is 6. The van der Waals surface area contributed by atoms with E-state index >= 15 is 0 Å². The number of esters is 1. The van der Waals surface area contributed by atoms with Crippen LogP contribution in [0, 0.1) is 0 Å². The van der Waals surface area contributed by atoms with Gasteiger partial charge in [0.1, 0.15) is 5.82 Å². The van der Waals surface area contributed by atoms with Gasteiger partial charge in [0.25, 0.3) is 0 Å². The maximum Gasteiger partial charge on any atom is 0.337 e. The Kier molecular flexibility index (Phi) is 5.70. The fourth-order valence-corrected chi connectivity index (χ4v) is 3.48. The molecule has 148 valence electrons. The van der Waals surface area contributed by atoms with Crippen LogP contribution < -0.4 is 10.2 Å². The van der Waals surface area contributed by atoms with Crippen molar-refractivity contribution in [3.05, 3.63) is 66.2 Å². The molecule has 0 saturated carbocycles. The number of ether oxygens (including phenoxy) is 1. The third-order valence-corrected chi connectivity index (χ3v) is 4.98. The van der Waals surface area contributed by atoms with Gasteiger partial charge in [0.05, 0.1) is 18.4 Å². The van der Waals surface area contributed by atoms with Crippen LogP contribution in [0.4, 0.5) is 17.5 Å². The Labute approximate surface area is 170 Å². The molecular weight excluding hydrogens is 364 g/mol. The van der Waals surface area contributed by atoms with Gasteiger partial charge in [-0.1, -0.05) is 36.4 Å². The highest BCUT2D eigenvalue weighted by molar-refractivity contribution is 5.90. The quantitative estimate of drug-likeness (QED) is 0.641. The maximum absolute atomic E-state index is 11.8. The molecule has 0 atom stereocenters. The van der Waals surface area contributed by atoms with Crippen LogP contribution in [0.5, 0.6) is 0 Å². The molecule has 0 amide bonds. The number of aromatic nitrogens is 2. The average molecular weight is 388 g/mol. The summed E-state index contributed by atoms with van der Waals surface area (Å²) < 4.78 is 4.82. The molecule has 2 aromatic carbocycles. The van der Waals surface area contributed by atoms with Gasteiger partial charge in [-0.3, -0.25) is 0 Å². The van der Waals surface area contributed by atoms with Gasteiger partial charge in [0.15, 0.2) is 0 Å². The van der Waals surface area contributed by atoms with Crippen LogP contribution in [0.1, 0.15) is 29.6 Å². The molecule has 1 N–H and O–H groups in total. The monoisotopic (exact) mass is 388 g/mol. The molecule has 0 unspecified atom stereocenters. The molecule has 3 aromatic rings. The molecule has 4 rings (SSSR count). The molecule has 1 saturated heterocycles. The van der Waals surface area contributed by atoms with Crippen LogP contribution in [0.25, 0.3) is 11.3 Å². The van der Waals surface area contributed by atoms with E-state index in [-0.39, 0.29) is 5.97 Å². The van der Waals surface area contributed by atoms with E-state index in [9.17, 15) is 4.79 Å². The van der Waals surface area contributed by atoms with Crippen LogP contribution in [-0.4, -0.2) is 36.1 Å². The number of carbonyl (C=O) groups is 1. The van der Waals surface area contributed by atoms with Crippen molar-refractivity contribution in [3.63, 3.8) is 0 Å². The number of benzene rings is 2. The second kappa shape index (κ2) is 8.73. The van der Waals surface area contributed by atoms with Crippen LogP contribution in [0.3, 0.4) is 0 Å². The fraction of sp³-hybridized carbons (Fsp3) is 0.261. The minimum Gasteiger partial charge on any atom is -0.465 e. The summed E-state index contributed by atoms with van der Waals surface area (Å²) in [6.07, 6.45) is 3.56. The molecule has 1 aromatic heterocycles. The molecule has 6 heteroatoms. The van der Waals surface area contributed by atoms with E-state index in [4.69, 9.17) is 14.7 Å². The molecule has 2 heterocycles. The molecular formula is C23H24N4O2. The summed E-state index contributed by atoms with van der Waals surface area (Å²) in [4.78, 5) is 23.7. The van der Waals surface area contributed by atoms with Gasteiger partial charge in [-0.2, -0.15) is 4.98 Å². The lowest BCUT2D eigenvalue weighted by Crippen LogP contribution is -2.31. The Balaban J connectivity index is 1.69. The normalized spacial score (nSPS) is 13.8. The van der Waals surface area contributed by atoms with Crippen LogP contribution in [0.15, 0.2) is 60.7 Å². The van der Waals surface area contributed by atoms with Crippen LogP contribution in [-0.2, 0) is 4.74 Å². The minimum absolute atomic E-state index is 0.365. The molecule has 0 aliphatic carbocycles. The van der Waals surface area contributed by atoms with E-state index in [1.807, 2.05) is 48.5 Å². The van der Waals surface area contributed by atoms with Gasteiger partial charge in [0.2, 0.25) is 5.95 Å². The summed E-state index contributed by atoms with van der Waals surface area (Å²) in [6.45, 7) is 1.94. The summed E-state index contributed by atoms with van der Waals surface area (Å²) in [7, 11) is 1.38. The maximum atomic E-state index is 11.8. The van der Waals surface area contributed by atoms with E-state index in [0.717, 1.165) is 48.8 Å². The van der Waals surface area contributed by atoms with Gasteiger partial charge < -0.3 is 15.0 Å². The third kappa shape index (κ3) is 4.54. The number of anilines is 3. The topological polar surface area (TPSA) is 67.3 Å². The predicted molar refractivity (Wildman–Crippen MR) is 115 cm³/mol. The van der Waals surface area contributed by atoms with Crippen molar-refractivity contribution >= 4 is 23.4 Å². The highest BCUT2D eigenvalue weighted by Crippen LogP contribution is 2.26. The van der Waals surface area contributed by atoms with Crippen molar-refractivity contribution in [2.45, 2.75) is 19.3 Å². The number of piperidine rings is 1. The van der Waals surface area contributed by atoms with Crippen LogP contribution >= 0.6 is 0 Å². The predicted octanol–water partition coefficient (Wildman–Crippen LogP) is 4.66. The largest absolute Gasteiger partial charge is 0.465 e. The smallest absolute Gasteiger partial charge is 0.337 e. The van der Waals surface area contributed by atoms with E-state index in [1.165, 1.54) is 13.5 Å². The van der Waals surface area contributed by atoms with Gasteiger partial charge in [-0.15, -0.1) is 0 Å². The summed E-state index contributed by atoms with van der Waals surface area (Å²) >= 11 is 0. The van der Waals surface area contributed by atoms with Crippen LogP contribution in [0.2, 0.25) is 0 Å². The number of hydrogen-bond donors (Lipinski definition) is 1. The van der Waals surface area contributed by atoms with Gasteiger partial charge in [0, 0.05) is 30.4 Å². The lowest BCUT2D eigenvalue weighted by Gasteiger charge is -2.27. The molecule has 1 aliphatic heterocycles. The van der Waals surface area contributed by atoms with Crippen molar-refractivity contribution in [3.8, 4) is 11.3 Å². The Hall–Kier alpha value is -3.41. The molecule has 6 nitrogen and oxygen atoms in total. The van der Waals surface area contributed by atoms with Crippen molar-refractivity contribution in [2.24, 2.45) is 0 Å². The second-order valence-electron chi connectivity index (χ2n) is 7.05. The molecule has 0 bridgehead atoms. The Morgan fingerprint density at radius 2 is 1.76 bits per heavy atom. The van der Waals surface area contributed by atoms with Gasteiger partial charge in [-0.25, -0.2) is 9.78 Å². The first kappa shape index (κ1) is 18.9. The van der Waals surface area contributed by atoms with Crippen molar-refractivity contribution in [1.82, 2.24) is 9.97 Å². The number of nitrogens with one attached hydrogen (secondary N) is 1. The molecule has 1 fully saturated rings. The lowest BCUT2D eigenvalue weighted by atomic mass is 10.1. The van der Waals surface area contributed by atoms with Crippen molar-refractivity contribution < 1.29 is 9.53 Å². The van der Waals surface area contributed by atoms with E-state index < -0.39 is 0 Å². The summed E-state index contributed by atoms with van der Waals surface area (Å²) in [6, 6.07) is 19.2. The highest BCUT2D eigenvalue weighted by Gasteiger charge is 2.16. The van der Waals surface area contributed by atoms with E-state index in [1.54, 1.807) is 12.1 Å². The standard InChI is InChI=1S/C23H24N4O2/c1-29-22(28)18-11-8-12-19(15-18)24-21-16-20(17-9-4-2-5-10-17)25-23(26-21)27-13-6-3-7-14-27/h2,4-5,8-12,15-16H,3,6-7,13-14H2,1H3,(H,24,25,26). The zero-order valence-electron chi connectivity index (χ0n) is 16.5. The Morgan fingerprint density at radius 1 is 0.966 bits per heavy atom. The summed E-state index contributed by atoms with van der Waals surface area (Å²) in [5.41, 5.74) is 3.17. The number of nitrogens with zero attached hydrogens (tertiary/aromatic N) is 3. The van der Waals surface area contributed by atoms with Crippen molar-refractivity contribution in [1.29, 1.82) is 0 Å². The number of rotatable bonds is 5. The molecule has 29 heavy (non-hydrogen) atoms. The van der Waals surface area contributed by atoms with E-state index in [2.05, 4.69) is 10.2 Å². The van der Waals surface area contributed by atoms with Crippen molar-refractivity contribution in [2.75, 3.05) is 30.4 Å². The minimum atomic E-state index is -0.365. The zero-order chi connectivity index (χ0) is 20.1. The van der Waals surface area contributed by atoms with Gasteiger partial charge in [-0.05, 0) is 37.5 Å². The Morgan fingerprint density at radius 3 is 2.52 bits per heavy atom. The first-order valence-electron chi connectivity index (χ1n) is 9.88. The van der Waals surface area contributed by atoms with E-state index in [0.29, 0.717) is 11.4 Å². The zero-order valence-corrected chi connectivity index (χ0v) is 16.5. The van der Waals surface area contributed by atoms with Gasteiger partial charge >= 0.3 is 5.97 Å². The first-order valence-corrected chi connectivity index (χ1v) is 9.88. The highest BCUT2D eigenvalue weighted by atomic mass is 16.5. The summed E-state index contributed by atoms with van der Waals surface area (Å²) in [5, 5.41) is 3.33. The second-order valence-corrected chi connectivity index (χ2v) is 7.05. The SMILES string of the molecule is COC(=O)c1cccc(Nc2cc(-c3ccccc3)nc(N3CCCCC3)n2)c1. The number of methoxy groups -OCH3 is 1. The lowest BCUT2D eigenvalue weighted by molar-refractivity contribution is 0.0601.